The van der Waals surface area contributed by atoms with Gasteiger partial charge in [-0.05, 0) is 43.0 Å². The van der Waals surface area contributed by atoms with E-state index in [0.717, 1.165) is 23.1 Å². The second-order valence-electron chi connectivity index (χ2n) is 7.43. The number of unbranched alkanes of at least 4 members (excludes halogenated alkanes) is 3. The van der Waals surface area contributed by atoms with Gasteiger partial charge in [-0.15, -0.1) is 0 Å². The Morgan fingerprint density at radius 3 is 2.13 bits per heavy atom. The molecule has 0 saturated carbocycles. The van der Waals surface area contributed by atoms with Crippen LogP contribution in [0.1, 0.15) is 45.1 Å². The largest absolute Gasteiger partial charge is 0.479 e. The summed E-state index contributed by atoms with van der Waals surface area (Å²) in [4.78, 5) is 19.9. The normalized spacial score (nSPS) is 11.8. The van der Waals surface area contributed by atoms with Crippen LogP contribution in [-0.4, -0.2) is 27.1 Å². The second-order valence-corrected chi connectivity index (χ2v) is 7.43. The molecule has 1 aromatic heterocycles. The number of carboxylic acids is 1. The van der Waals surface area contributed by atoms with Crippen LogP contribution in [0.3, 0.4) is 0 Å². The second kappa shape index (κ2) is 10.5. The fourth-order valence-corrected chi connectivity index (χ4v) is 3.18. The zero-order valence-corrected chi connectivity index (χ0v) is 17.5. The number of ether oxygens (including phenoxy) is 1. The van der Waals surface area contributed by atoms with Crippen molar-refractivity contribution in [1.29, 1.82) is 0 Å². The molecule has 5 heteroatoms. The molecule has 3 aromatic rings. The molecule has 5 nitrogen and oxygen atoms in total. The summed E-state index contributed by atoms with van der Waals surface area (Å²) < 4.78 is 5.36. The van der Waals surface area contributed by atoms with E-state index in [1.165, 1.54) is 38.2 Å². The Morgan fingerprint density at radius 2 is 1.53 bits per heavy atom. The van der Waals surface area contributed by atoms with Gasteiger partial charge in [0.1, 0.15) is 5.75 Å². The van der Waals surface area contributed by atoms with E-state index in [4.69, 9.17) is 9.84 Å². The van der Waals surface area contributed by atoms with Gasteiger partial charge in [0.15, 0.2) is 11.9 Å². The average molecular weight is 405 g/mol. The average Bonchev–Trinajstić information content (AvgIpc) is 2.78. The molecule has 2 aromatic carbocycles. The number of hydrogen-bond acceptors (Lipinski definition) is 4. The minimum absolute atomic E-state index is 0.515. The highest BCUT2D eigenvalue weighted by atomic mass is 16.5. The van der Waals surface area contributed by atoms with E-state index in [2.05, 4.69) is 41.2 Å². The molecule has 1 unspecified atom stereocenters. The van der Waals surface area contributed by atoms with Crippen LogP contribution >= 0.6 is 0 Å². The standard InChI is InChI=1S/C25H28N2O3/c1-3-4-5-6-7-19-8-10-21(11-9-19)24-26-16-22(17-27-24)20-12-14-23(15-13-20)30-18(2)25(28)29/h8-18H,3-7H2,1-2H3,(H,28,29). The van der Waals surface area contributed by atoms with Gasteiger partial charge in [0.25, 0.3) is 0 Å². The molecule has 1 atom stereocenters. The minimum atomic E-state index is -0.993. The zero-order valence-electron chi connectivity index (χ0n) is 17.5. The molecule has 0 amide bonds. The van der Waals surface area contributed by atoms with E-state index < -0.39 is 12.1 Å². The summed E-state index contributed by atoms with van der Waals surface area (Å²) in [5, 5.41) is 8.93. The Bertz CT molecular complexity index is 936. The summed E-state index contributed by atoms with van der Waals surface area (Å²) in [7, 11) is 0. The molecule has 0 saturated heterocycles. The molecule has 156 valence electrons. The van der Waals surface area contributed by atoms with Crippen molar-refractivity contribution in [1.82, 2.24) is 9.97 Å². The number of aliphatic carboxylic acids is 1. The number of hydrogen-bond donors (Lipinski definition) is 1. The van der Waals surface area contributed by atoms with Crippen LogP contribution in [0.25, 0.3) is 22.5 Å². The lowest BCUT2D eigenvalue weighted by Crippen LogP contribution is -2.22. The number of benzene rings is 2. The number of aryl methyl sites for hydroxylation is 1. The lowest BCUT2D eigenvalue weighted by molar-refractivity contribution is -0.144. The summed E-state index contributed by atoms with van der Waals surface area (Å²) >= 11 is 0. The maximum absolute atomic E-state index is 10.9. The van der Waals surface area contributed by atoms with Crippen LogP contribution in [0.2, 0.25) is 0 Å². The molecule has 30 heavy (non-hydrogen) atoms. The van der Waals surface area contributed by atoms with Gasteiger partial charge in [-0.2, -0.15) is 0 Å². The van der Waals surface area contributed by atoms with E-state index in [1.54, 1.807) is 24.5 Å². The van der Waals surface area contributed by atoms with Gasteiger partial charge in [-0.25, -0.2) is 14.8 Å². The summed E-state index contributed by atoms with van der Waals surface area (Å²) in [6.45, 7) is 3.73. The fourth-order valence-electron chi connectivity index (χ4n) is 3.18. The molecule has 0 radical (unpaired) electrons. The topological polar surface area (TPSA) is 72.3 Å². The van der Waals surface area contributed by atoms with Crippen molar-refractivity contribution in [2.45, 2.75) is 52.1 Å². The maximum atomic E-state index is 10.9. The molecule has 1 heterocycles. The van der Waals surface area contributed by atoms with E-state index in [0.29, 0.717) is 11.6 Å². The first-order valence-electron chi connectivity index (χ1n) is 10.5. The Labute approximate surface area is 177 Å². The Morgan fingerprint density at radius 1 is 0.900 bits per heavy atom. The van der Waals surface area contributed by atoms with Crippen molar-refractivity contribution < 1.29 is 14.6 Å². The molecular weight excluding hydrogens is 376 g/mol. The lowest BCUT2D eigenvalue weighted by atomic mass is 10.0. The van der Waals surface area contributed by atoms with Gasteiger partial charge < -0.3 is 9.84 Å². The number of nitrogens with zero attached hydrogens (tertiary/aromatic N) is 2. The van der Waals surface area contributed by atoms with Gasteiger partial charge in [-0.1, -0.05) is 62.6 Å². The number of carboxylic acid groups (broad SMARTS) is 1. The summed E-state index contributed by atoms with van der Waals surface area (Å²) in [5.74, 6) is 0.222. The zero-order chi connectivity index (χ0) is 21.3. The number of carbonyl (C=O) groups is 1. The van der Waals surface area contributed by atoms with Gasteiger partial charge in [0.2, 0.25) is 0 Å². The third kappa shape index (κ3) is 5.89. The predicted molar refractivity (Wildman–Crippen MR) is 118 cm³/mol. The van der Waals surface area contributed by atoms with Gasteiger partial charge in [0.05, 0.1) is 0 Å². The smallest absolute Gasteiger partial charge is 0.344 e. The van der Waals surface area contributed by atoms with Crippen LogP contribution < -0.4 is 4.74 Å². The van der Waals surface area contributed by atoms with Gasteiger partial charge in [0, 0.05) is 23.5 Å². The van der Waals surface area contributed by atoms with Crippen molar-refractivity contribution >= 4 is 5.97 Å². The maximum Gasteiger partial charge on any atom is 0.344 e. The monoisotopic (exact) mass is 404 g/mol. The third-order valence-corrected chi connectivity index (χ3v) is 5.03. The fraction of sp³-hybridized carbons (Fsp3) is 0.320. The number of rotatable bonds is 10. The molecule has 0 spiro atoms. The first-order valence-corrected chi connectivity index (χ1v) is 10.5. The van der Waals surface area contributed by atoms with E-state index >= 15 is 0 Å². The predicted octanol–water partition coefficient (Wildman–Crippen LogP) is 5.79. The quantitative estimate of drug-likeness (QED) is 0.433. The van der Waals surface area contributed by atoms with Crippen LogP contribution in [0, 0.1) is 0 Å². The summed E-state index contributed by atoms with van der Waals surface area (Å²) in [6, 6.07) is 15.7. The van der Waals surface area contributed by atoms with Gasteiger partial charge in [-0.3, -0.25) is 0 Å². The van der Waals surface area contributed by atoms with Crippen molar-refractivity contribution in [2.75, 3.05) is 0 Å². The van der Waals surface area contributed by atoms with E-state index in [1.807, 2.05) is 12.1 Å². The number of aromatic nitrogens is 2. The molecular formula is C25H28N2O3. The Kier molecular flexibility index (Phi) is 7.55. The molecule has 0 aliphatic carbocycles. The SMILES string of the molecule is CCCCCCc1ccc(-c2ncc(-c3ccc(OC(C)C(=O)O)cc3)cn2)cc1. The Balaban J connectivity index is 1.62. The van der Waals surface area contributed by atoms with E-state index in [-0.39, 0.29) is 0 Å². The molecule has 0 aliphatic heterocycles. The molecule has 3 rings (SSSR count). The van der Waals surface area contributed by atoms with Crippen molar-refractivity contribution in [3.8, 4) is 28.3 Å². The first-order chi connectivity index (χ1) is 14.6. The van der Waals surface area contributed by atoms with Crippen LogP contribution in [0.5, 0.6) is 5.75 Å². The highest BCUT2D eigenvalue weighted by molar-refractivity contribution is 5.72. The molecule has 0 bridgehead atoms. The minimum Gasteiger partial charge on any atom is -0.479 e. The molecule has 1 N–H and O–H groups in total. The summed E-state index contributed by atoms with van der Waals surface area (Å²) in [5.41, 5.74) is 4.19. The van der Waals surface area contributed by atoms with Crippen molar-refractivity contribution in [3.63, 3.8) is 0 Å². The van der Waals surface area contributed by atoms with Crippen LogP contribution in [-0.2, 0) is 11.2 Å². The lowest BCUT2D eigenvalue weighted by Gasteiger charge is -2.10. The van der Waals surface area contributed by atoms with E-state index in [9.17, 15) is 4.79 Å². The Hall–Kier alpha value is -3.21. The highest BCUT2D eigenvalue weighted by Gasteiger charge is 2.12. The molecule has 0 fully saturated rings. The van der Waals surface area contributed by atoms with Crippen molar-refractivity contribution in [3.05, 3.63) is 66.5 Å². The van der Waals surface area contributed by atoms with Crippen LogP contribution in [0.15, 0.2) is 60.9 Å². The third-order valence-electron chi connectivity index (χ3n) is 5.03. The highest BCUT2D eigenvalue weighted by Crippen LogP contribution is 2.24. The molecule has 0 aliphatic rings. The van der Waals surface area contributed by atoms with Gasteiger partial charge >= 0.3 is 5.97 Å². The summed E-state index contributed by atoms with van der Waals surface area (Å²) in [6.07, 6.45) is 8.91. The van der Waals surface area contributed by atoms with Crippen LogP contribution in [0.4, 0.5) is 0 Å². The first kappa shape index (κ1) is 21.5. The van der Waals surface area contributed by atoms with Crippen molar-refractivity contribution in [2.24, 2.45) is 0 Å².